The van der Waals surface area contributed by atoms with Gasteiger partial charge in [-0.15, -0.1) is 0 Å². The molecular weight excluding hydrogens is 376 g/mol. The second-order valence-corrected chi connectivity index (χ2v) is 7.23. The summed E-state index contributed by atoms with van der Waals surface area (Å²) in [6.45, 7) is 2.81. The molecule has 3 aromatic rings. The van der Waals surface area contributed by atoms with Gasteiger partial charge in [0.25, 0.3) is 5.91 Å². The average Bonchev–Trinajstić information content (AvgIpc) is 3.02. The molecule has 0 aliphatic carbocycles. The number of unbranched alkanes of at least 4 members (excludes halogenated alkanes) is 1. The number of halogens is 1. The molecule has 1 aromatic heterocycles. The number of aryl methyl sites for hydroxylation is 1. The molecule has 3 rings (SSSR count). The standard InChI is InChI=1S/C21H23BrN2O/c1-2-3-4-15-5-7-16(8-6-15)21(25)23-12-11-17-14-24-20-10-9-18(22)13-19(17)20/h5-10,13-14,24H,2-4,11-12H2,1H3,(H,23,25). The molecule has 0 atom stereocenters. The minimum Gasteiger partial charge on any atom is -0.361 e. The highest BCUT2D eigenvalue weighted by Gasteiger charge is 2.07. The van der Waals surface area contributed by atoms with Gasteiger partial charge in [-0.25, -0.2) is 0 Å². The number of hydrogen-bond donors (Lipinski definition) is 2. The lowest BCUT2D eigenvalue weighted by Gasteiger charge is -2.06. The molecule has 2 N–H and O–H groups in total. The zero-order chi connectivity index (χ0) is 17.6. The van der Waals surface area contributed by atoms with E-state index < -0.39 is 0 Å². The Bertz CT molecular complexity index is 852. The van der Waals surface area contributed by atoms with Crippen LogP contribution in [-0.2, 0) is 12.8 Å². The minimum absolute atomic E-state index is 0.0111. The Hall–Kier alpha value is -2.07. The lowest BCUT2D eigenvalue weighted by Crippen LogP contribution is -2.25. The number of aromatic amines is 1. The Kier molecular flexibility index (Phi) is 5.92. The van der Waals surface area contributed by atoms with Gasteiger partial charge in [-0.05, 0) is 60.7 Å². The molecule has 4 heteroatoms. The Labute approximate surface area is 157 Å². The van der Waals surface area contributed by atoms with Crippen molar-refractivity contribution < 1.29 is 4.79 Å². The smallest absolute Gasteiger partial charge is 0.251 e. The monoisotopic (exact) mass is 398 g/mol. The predicted molar refractivity (Wildman–Crippen MR) is 107 cm³/mol. The van der Waals surface area contributed by atoms with Gasteiger partial charge in [0.1, 0.15) is 0 Å². The molecule has 1 heterocycles. The van der Waals surface area contributed by atoms with Crippen molar-refractivity contribution in [2.75, 3.05) is 6.54 Å². The molecule has 0 bridgehead atoms. The summed E-state index contributed by atoms with van der Waals surface area (Å²) >= 11 is 3.51. The van der Waals surface area contributed by atoms with Crippen molar-refractivity contribution in [1.29, 1.82) is 0 Å². The third-order valence-corrected chi connectivity index (χ3v) is 4.94. The molecule has 25 heavy (non-hydrogen) atoms. The van der Waals surface area contributed by atoms with E-state index >= 15 is 0 Å². The highest BCUT2D eigenvalue weighted by molar-refractivity contribution is 9.10. The van der Waals surface area contributed by atoms with Crippen molar-refractivity contribution in [1.82, 2.24) is 10.3 Å². The second kappa shape index (κ2) is 8.34. The van der Waals surface area contributed by atoms with Gasteiger partial charge < -0.3 is 10.3 Å². The Morgan fingerprint density at radius 3 is 2.68 bits per heavy atom. The molecule has 0 spiro atoms. The highest BCUT2D eigenvalue weighted by atomic mass is 79.9. The molecule has 2 aromatic carbocycles. The van der Waals surface area contributed by atoms with Crippen molar-refractivity contribution in [2.45, 2.75) is 32.6 Å². The summed E-state index contributed by atoms with van der Waals surface area (Å²) in [7, 11) is 0. The molecule has 0 unspecified atom stereocenters. The summed E-state index contributed by atoms with van der Waals surface area (Å²) in [5.41, 5.74) is 4.35. The number of hydrogen-bond acceptors (Lipinski definition) is 1. The van der Waals surface area contributed by atoms with Crippen molar-refractivity contribution >= 4 is 32.7 Å². The molecule has 0 radical (unpaired) electrons. The van der Waals surface area contributed by atoms with Crippen LogP contribution < -0.4 is 5.32 Å². The van der Waals surface area contributed by atoms with E-state index in [0.717, 1.165) is 28.4 Å². The van der Waals surface area contributed by atoms with Crippen LogP contribution in [0.3, 0.4) is 0 Å². The first-order valence-corrected chi connectivity index (χ1v) is 9.59. The van der Waals surface area contributed by atoms with Gasteiger partial charge >= 0.3 is 0 Å². The van der Waals surface area contributed by atoms with Gasteiger partial charge in [-0.2, -0.15) is 0 Å². The molecule has 0 saturated heterocycles. The number of nitrogens with one attached hydrogen (secondary N) is 2. The van der Waals surface area contributed by atoms with Crippen LogP contribution in [0.15, 0.2) is 53.1 Å². The highest BCUT2D eigenvalue weighted by Crippen LogP contribution is 2.22. The van der Waals surface area contributed by atoms with Crippen molar-refractivity contribution in [3.63, 3.8) is 0 Å². The molecule has 3 nitrogen and oxygen atoms in total. The molecule has 0 saturated carbocycles. The third-order valence-electron chi connectivity index (χ3n) is 4.44. The quantitative estimate of drug-likeness (QED) is 0.560. The summed E-state index contributed by atoms with van der Waals surface area (Å²) in [6, 6.07) is 14.1. The van der Waals surface area contributed by atoms with Crippen LogP contribution >= 0.6 is 15.9 Å². The van der Waals surface area contributed by atoms with E-state index in [4.69, 9.17) is 0 Å². The summed E-state index contributed by atoms with van der Waals surface area (Å²) in [6.07, 6.45) is 6.27. The minimum atomic E-state index is -0.0111. The van der Waals surface area contributed by atoms with E-state index in [-0.39, 0.29) is 5.91 Å². The average molecular weight is 399 g/mol. The maximum absolute atomic E-state index is 12.3. The van der Waals surface area contributed by atoms with Crippen molar-refractivity contribution in [2.24, 2.45) is 0 Å². The molecule has 1 amide bonds. The lowest BCUT2D eigenvalue weighted by molar-refractivity contribution is 0.0954. The molecule has 0 fully saturated rings. The maximum Gasteiger partial charge on any atom is 0.251 e. The number of benzene rings is 2. The Balaban J connectivity index is 1.56. The second-order valence-electron chi connectivity index (χ2n) is 6.31. The first-order chi connectivity index (χ1) is 12.2. The van der Waals surface area contributed by atoms with Gasteiger partial charge in [-0.3, -0.25) is 4.79 Å². The van der Waals surface area contributed by atoms with Gasteiger partial charge in [-0.1, -0.05) is 41.4 Å². The van der Waals surface area contributed by atoms with Gasteiger partial charge in [0, 0.05) is 33.7 Å². The van der Waals surface area contributed by atoms with Crippen LogP contribution in [0, 0.1) is 0 Å². The third kappa shape index (κ3) is 4.51. The van der Waals surface area contributed by atoms with E-state index in [1.54, 1.807) is 0 Å². The zero-order valence-corrected chi connectivity index (χ0v) is 16.0. The molecular formula is C21H23BrN2O. The number of H-pyrrole nitrogens is 1. The fourth-order valence-electron chi connectivity index (χ4n) is 2.97. The number of amides is 1. The summed E-state index contributed by atoms with van der Waals surface area (Å²) in [5, 5.41) is 4.21. The van der Waals surface area contributed by atoms with Crippen LogP contribution in [0.2, 0.25) is 0 Å². The maximum atomic E-state index is 12.3. The van der Waals surface area contributed by atoms with Gasteiger partial charge in [0.15, 0.2) is 0 Å². The Morgan fingerprint density at radius 2 is 1.92 bits per heavy atom. The lowest BCUT2D eigenvalue weighted by atomic mass is 10.1. The van der Waals surface area contributed by atoms with Crippen LogP contribution in [0.5, 0.6) is 0 Å². The predicted octanol–water partition coefficient (Wildman–Crippen LogP) is 5.25. The van der Waals surface area contributed by atoms with Crippen molar-refractivity contribution in [3.05, 3.63) is 69.8 Å². The largest absolute Gasteiger partial charge is 0.361 e. The SMILES string of the molecule is CCCCc1ccc(C(=O)NCCc2c[nH]c3ccc(Br)cc23)cc1. The first kappa shape index (κ1) is 17.7. The van der Waals surface area contributed by atoms with E-state index in [9.17, 15) is 4.79 Å². The van der Waals surface area contributed by atoms with Crippen LogP contribution in [-0.4, -0.2) is 17.4 Å². The topological polar surface area (TPSA) is 44.9 Å². The van der Waals surface area contributed by atoms with Gasteiger partial charge in [0.2, 0.25) is 0 Å². The number of rotatable bonds is 7. The number of carbonyl (C=O) groups is 1. The van der Waals surface area contributed by atoms with Crippen LogP contribution in [0.4, 0.5) is 0 Å². The number of carbonyl (C=O) groups excluding carboxylic acids is 1. The molecule has 0 aliphatic rings. The molecule has 130 valence electrons. The fraction of sp³-hybridized carbons (Fsp3) is 0.286. The summed E-state index contributed by atoms with van der Waals surface area (Å²) < 4.78 is 1.06. The van der Waals surface area contributed by atoms with E-state index in [1.165, 1.54) is 29.4 Å². The summed E-state index contributed by atoms with van der Waals surface area (Å²) in [4.78, 5) is 15.6. The first-order valence-electron chi connectivity index (χ1n) is 8.80. The van der Waals surface area contributed by atoms with Crippen LogP contribution in [0.1, 0.15) is 41.3 Å². The summed E-state index contributed by atoms with van der Waals surface area (Å²) in [5.74, 6) is -0.0111. The van der Waals surface area contributed by atoms with Gasteiger partial charge in [0.05, 0.1) is 0 Å². The fourth-order valence-corrected chi connectivity index (χ4v) is 3.34. The number of aromatic nitrogens is 1. The van der Waals surface area contributed by atoms with E-state index in [0.29, 0.717) is 6.54 Å². The normalized spacial score (nSPS) is 11.0. The Morgan fingerprint density at radius 1 is 1.12 bits per heavy atom. The zero-order valence-electron chi connectivity index (χ0n) is 14.4. The number of fused-ring (bicyclic) bond motifs is 1. The van der Waals surface area contributed by atoms with Crippen molar-refractivity contribution in [3.8, 4) is 0 Å². The molecule has 0 aliphatic heterocycles. The van der Waals surface area contributed by atoms with Crippen LogP contribution in [0.25, 0.3) is 10.9 Å². The van der Waals surface area contributed by atoms with E-state index in [2.05, 4.69) is 57.4 Å². The van der Waals surface area contributed by atoms with E-state index in [1.807, 2.05) is 24.4 Å².